The van der Waals surface area contributed by atoms with Crippen LogP contribution in [-0.2, 0) is 9.53 Å². The summed E-state index contributed by atoms with van der Waals surface area (Å²) in [5.74, 6) is 0.751. The number of hydrogen-bond donors (Lipinski definition) is 1. The molecule has 1 N–H and O–H groups in total. The molecule has 4 rings (SSSR count). The first-order chi connectivity index (χ1) is 7.49. The van der Waals surface area contributed by atoms with Gasteiger partial charge in [0.25, 0.3) is 0 Å². The Balaban J connectivity index is 1.78. The van der Waals surface area contributed by atoms with Gasteiger partial charge < -0.3 is 9.84 Å². The molecule has 3 heteroatoms. The van der Waals surface area contributed by atoms with Crippen molar-refractivity contribution in [3.63, 3.8) is 0 Å². The zero-order valence-electron chi connectivity index (χ0n) is 9.87. The minimum atomic E-state index is -0.833. The van der Waals surface area contributed by atoms with E-state index in [1.54, 1.807) is 0 Å². The Labute approximate surface area is 96.2 Å². The van der Waals surface area contributed by atoms with Crippen molar-refractivity contribution in [3.8, 4) is 0 Å². The van der Waals surface area contributed by atoms with E-state index in [2.05, 4.69) is 6.92 Å². The maximum atomic E-state index is 10.6. The number of hydrogen-bond acceptors (Lipinski definition) is 2. The normalized spacial score (nSPS) is 49.6. The van der Waals surface area contributed by atoms with E-state index < -0.39 is 5.97 Å². The third-order valence-corrected chi connectivity index (χ3v) is 4.80. The topological polar surface area (TPSA) is 46.5 Å². The summed E-state index contributed by atoms with van der Waals surface area (Å²) in [5, 5.41) is 8.75. The van der Waals surface area contributed by atoms with E-state index in [4.69, 9.17) is 9.84 Å². The quantitative estimate of drug-likeness (QED) is 0.801. The van der Waals surface area contributed by atoms with Gasteiger partial charge in [0.15, 0.2) is 0 Å². The van der Waals surface area contributed by atoms with Crippen molar-refractivity contribution >= 4 is 5.97 Å². The lowest BCUT2D eigenvalue weighted by atomic mass is 9.48. The van der Waals surface area contributed by atoms with Gasteiger partial charge in [-0.3, -0.25) is 0 Å². The van der Waals surface area contributed by atoms with Crippen LogP contribution in [0.25, 0.3) is 0 Å². The number of carboxylic acid groups (broad SMARTS) is 1. The Morgan fingerprint density at radius 3 is 2.44 bits per heavy atom. The zero-order valence-corrected chi connectivity index (χ0v) is 9.87. The molecule has 0 amide bonds. The molecule has 0 spiro atoms. The van der Waals surface area contributed by atoms with Gasteiger partial charge in [-0.2, -0.15) is 0 Å². The minimum absolute atomic E-state index is 0.0861. The van der Waals surface area contributed by atoms with Crippen LogP contribution < -0.4 is 0 Å². The Hall–Kier alpha value is -0.570. The lowest BCUT2D eigenvalue weighted by Crippen LogP contribution is -2.56. The third-order valence-electron chi connectivity index (χ3n) is 4.80. The lowest BCUT2D eigenvalue weighted by molar-refractivity contribution is -0.195. The molecule has 4 aliphatic carbocycles. The van der Waals surface area contributed by atoms with Crippen molar-refractivity contribution in [1.82, 2.24) is 0 Å². The summed E-state index contributed by atoms with van der Waals surface area (Å²) < 4.78 is 5.77. The highest BCUT2D eigenvalue weighted by molar-refractivity contribution is 5.68. The van der Waals surface area contributed by atoms with Crippen molar-refractivity contribution in [2.24, 2.45) is 17.3 Å². The van der Waals surface area contributed by atoms with Crippen LogP contribution in [0.5, 0.6) is 0 Å². The second-order valence-electron chi connectivity index (χ2n) is 6.64. The standard InChI is InChI=1S/C13H20O3/c1-12-3-9-2-10(4-12)6-13(5-9,8-12)16-7-11(14)15/h9-10H,2-8H2,1H3,(H,14,15). The van der Waals surface area contributed by atoms with Gasteiger partial charge in [0.2, 0.25) is 0 Å². The molecule has 3 nitrogen and oxygen atoms in total. The highest BCUT2D eigenvalue weighted by atomic mass is 16.5. The van der Waals surface area contributed by atoms with E-state index in [1.165, 1.54) is 19.3 Å². The van der Waals surface area contributed by atoms with Crippen LogP contribution in [0.2, 0.25) is 0 Å². The van der Waals surface area contributed by atoms with Crippen LogP contribution >= 0.6 is 0 Å². The number of carboxylic acids is 1. The number of ether oxygens (including phenoxy) is 1. The fourth-order valence-corrected chi connectivity index (χ4v) is 5.01. The zero-order chi connectivity index (χ0) is 11.4. The molecule has 2 unspecified atom stereocenters. The summed E-state index contributed by atoms with van der Waals surface area (Å²) >= 11 is 0. The first kappa shape index (κ1) is 10.6. The summed E-state index contributed by atoms with van der Waals surface area (Å²) in [6, 6.07) is 0. The van der Waals surface area contributed by atoms with Crippen molar-refractivity contribution in [2.75, 3.05) is 6.61 Å². The Bertz CT molecular complexity index is 309. The van der Waals surface area contributed by atoms with Gasteiger partial charge >= 0.3 is 5.97 Å². The van der Waals surface area contributed by atoms with Crippen LogP contribution in [0.1, 0.15) is 45.4 Å². The van der Waals surface area contributed by atoms with Crippen molar-refractivity contribution in [2.45, 2.75) is 51.0 Å². The van der Waals surface area contributed by atoms with Crippen molar-refractivity contribution < 1.29 is 14.6 Å². The maximum Gasteiger partial charge on any atom is 0.329 e. The highest BCUT2D eigenvalue weighted by Crippen LogP contribution is 2.62. The van der Waals surface area contributed by atoms with Crippen LogP contribution in [-0.4, -0.2) is 23.3 Å². The average Bonchev–Trinajstić information content (AvgIpc) is 2.10. The lowest BCUT2D eigenvalue weighted by Gasteiger charge is -2.60. The van der Waals surface area contributed by atoms with Gasteiger partial charge in [-0.1, -0.05) is 6.92 Å². The molecule has 0 saturated heterocycles. The van der Waals surface area contributed by atoms with Crippen LogP contribution in [0.15, 0.2) is 0 Å². The van der Waals surface area contributed by atoms with Gasteiger partial charge in [0, 0.05) is 0 Å². The summed E-state index contributed by atoms with van der Waals surface area (Å²) in [4.78, 5) is 10.6. The Morgan fingerprint density at radius 2 is 1.94 bits per heavy atom. The van der Waals surface area contributed by atoms with Gasteiger partial charge in [-0.25, -0.2) is 4.79 Å². The molecule has 0 aromatic carbocycles. The van der Waals surface area contributed by atoms with Gasteiger partial charge in [-0.15, -0.1) is 0 Å². The van der Waals surface area contributed by atoms with Crippen molar-refractivity contribution in [1.29, 1.82) is 0 Å². The molecule has 90 valence electrons. The Morgan fingerprint density at radius 1 is 1.31 bits per heavy atom. The molecule has 0 aliphatic heterocycles. The molecule has 0 aromatic heterocycles. The molecule has 2 atom stereocenters. The van der Waals surface area contributed by atoms with E-state index in [-0.39, 0.29) is 12.2 Å². The number of carbonyl (C=O) groups is 1. The molecule has 0 heterocycles. The molecule has 0 aromatic rings. The third kappa shape index (κ3) is 1.65. The SMILES string of the molecule is CC12CC3CC(C1)CC(OCC(=O)O)(C3)C2. The van der Waals surface area contributed by atoms with E-state index in [0.717, 1.165) is 31.1 Å². The molecular weight excluding hydrogens is 204 g/mol. The summed E-state index contributed by atoms with van der Waals surface area (Å²) in [7, 11) is 0. The second-order valence-corrected chi connectivity index (χ2v) is 6.64. The first-order valence-corrected chi connectivity index (χ1v) is 6.34. The summed E-state index contributed by atoms with van der Waals surface area (Å²) in [5.41, 5.74) is 0.347. The largest absolute Gasteiger partial charge is 0.480 e. The smallest absolute Gasteiger partial charge is 0.329 e. The molecule has 4 aliphatic rings. The van der Waals surface area contributed by atoms with E-state index in [1.807, 2.05) is 0 Å². The molecule has 4 fully saturated rings. The van der Waals surface area contributed by atoms with E-state index in [9.17, 15) is 4.79 Å². The van der Waals surface area contributed by atoms with Gasteiger partial charge in [0.1, 0.15) is 6.61 Å². The molecular formula is C13H20O3. The van der Waals surface area contributed by atoms with Crippen LogP contribution in [0.3, 0.4) is 0 Å². The van der Waals surface area contributed by atoms with E-state index in [0.29, 0.717) is 5.41 Å². The van der Waals surface area contributed by atoms with Gasteiger partial charge in [0.05, 0.1) is 5.60 Å². The monoisotopic (exact) mass is 224 g/mol. The van der Waals surface area contributed by atoms with Gasteiger partial charge in [-0.05, 0) is 55.8 Å². The predicted molar refractivity (Wildman–Crippen MR) is 59.1 cm³/mol. The molecule has 16 heavy (non-hydrogen) atoms. The predicted octanol–water partition coefficient (Wildman–Crippen LogP) is 2.45. The second kappa shape index (κ2) is 3.22. The maximum absolute atomic E-state index is 10.6. The molecule has 4 bridgehead atoms. The summed E-state index contributed by atoms with van der Waals surface area (Å²) in [6.07, 6.45) is 7.32. The summed E-state index contributed by atoms with van der Waals surface area (Å²) in [6.45, 7) is 2.25. The molecule has 4 saturated carbocycles. The first-order valence-electron chi connectivity index (χ1n) is 6.34. The van der Waals surface area contributed by atoms with Crippen molar-refractivity contribution in [3.05, 3.63) is 0 Å². The van der Waals surface area contributed by atoms with Crippen LogP contribution in [0.4, 0.5) is 0 Å². The molecule has 0 radical (unpaired) electrons. The highest BCUT2D eigenvalue weighted by Gasteiger charge is 2.56. The number of rotatable bonds is 3. The fraction of sp³-hybridized carbons (Fsp3) is 0.923. The fourth-order valence-electron chi connectivity index (χ4n) is 5.01. The van der Waals surface area contributed by atoms with Crippen LogP contribution in [0, 0.1) is 17.3 Å². The average molecular weight is 224 g/mol. The number of aliphatic carboxylic acids is 1. The van der Waals surface area contributed by atoms with E-state index >= 15 is 0 Å². The minimum Gasteiger partial charge on any atom is -0.480 e. The Kier molecular flexibility index (Phi) is 2.13.